The highest BCUT2D eigenvalue weighted by molar-refractivity contribution is 5.77. The number of fused-ring (bicyclic) bond motifs is 2. The van der Waals surface area contributed by atoms with Crippen LogP contribution in [0, 0.1) is 10.1 Å². The zero-order valence-electron chi connectivity index (χ0n) is 17.9. The largest absolute Gasteiger partial charge is 0.486 e. The van der Waals surface area contributed by atoms with Gasteiger partial charge in [-0.15, -0.1) is 0 Å². The van der Waals surface area contributed by atoms with Crippen molar-refractivity contribution < 1.29 is 23.6 Å². The number of non-ortho nitro benzene ring substituents is 1. The molecule has 3 heterocycles. The number of hydrogen-bond acceptors (Lipinski definition) is 7. The molecule has 172 valence electrons. The van der Waals surface area contributed by atoms with Gasteiger partial charge in [-0.3, -0.25) is 19.5 Å². The molecule has 1 amide bonds. The minimum Gasteiger partial charge on any atom is -0.486 e. The van der Waals surface area contributed by atoms with Crippen LogP contribution in [0.1, 0.15) is 37.3 Å². The summed E-state index contributed by atoms with van der Waals surface area (Å²) in [5.74, 6) is 0.880. The summed E-state index contributed by atoms with van der Waals surface area (Å²) < 4.78 is 17.8. The Kier molecular flexibility index (Phi) is 5.49. The van der Waals surface area contributed by atoms with Crippen LogP contribution in [0.25, 0.3) is 11.1 Å². The maximum atomic E-state index is 13.0. The Labute approximate surface area is 188 Å². The van der Waals surface area contributed by atoms with Gasteiger partial charge in [-0.2, -0.15) is 0 Å². The van der Waals surface area contributed by atoms with Gasteiger partial charge in [0.2, 0.25) is 5.91 Å². The number of carbonyl (C=O) groups is 1. The number of rotatable bonds is 6. The van der Waals surface area contributed by atoms with Gasteiger partial charge in [0, 0.05) is 25.6 Å². The van der Waals surface area contributed by atoms with Crippen LogP contribution in [0.5, 0.6) is 11.5 Å². The van der Waals surface area contributed by atoms with Crippen molar-refractivity contribution in [3.63, 3.8) is 0 Å². The van der Waals surface area contributed by atoms with E-state index in [2.05, 4.69) is 0 Å². The number of ether oxygens (including phenoxy) is 2. The number of carbonyl (C=O) groups excluding carboxylic acids is 1. The molecule has 1 saturated heterocycles. The number of nitrogens with zero attached hydrogens (tertiary/aromatic N) is 3. The molecule has 5 rings (SSSR count). The van der Waals surface area contributed by atoms with Crippen molar-refractivity contribution in [1.82, 2.24) is 9.47 Å². The van der Waals surface area contributed by atoms with Gasteiger partial charge in [-0.05, 0) is 43.0 Å². The van der Waals surface area contributed by atoms with Gasteiger partial charge in [0.15, 0.2) is 17.1 Å². The van der Waals surface area contributed by atoms with E-state index in [1.807, 2.05) is 23.1 Å². The van der Waals surface area contributed by atoms with Crippen molar-refractivity contribution in [1.29, 1.82) is 0 Å². The lowest BCUT2D eigenvalue weighted by atomic mass is 10.0. The minimum absolute atomic E-state index is 0.00801. The van der Waals surface area contributed by atoms with E-state index in [4.69, 9.17) is 13.9 Å². The molecule has 33 heavy (non-hydrogen) atoms. The average molecular weight is 453 g/mol. The van der Waals surface area contributed by atoms with Crippen LogP contribution in [0.15, 0.2) is 45.6 Å². The summed E-state index contributed by atoms with van der Waals surface area (Å²) in [7, 11) is 0. The van der Waals surface area contributed by atoms with E-state index in [0.717, 1.165) is 24.2 Å². The van der Waals surface area contributed by atoms with Gasteiger partial charge < -0.3 is 18.8 Å². The first-order chi connectivity index (χ1) is 16.0. The van der Waals surface area contributed by atoms with E-state index in [0.29, 0.717) is 37.4 Å². The number of oxazole rings is 1. The SMILES string of the molecule is O=C(CCCn1c(=O)oc2cc([N+](=O)[O-])ccc21)N1CCCC1c1ccc2c(c1)OCCO2. The Balaban J connectivity index is 1.25. The standard InChI is InChI=1S/C23H23N3O7/c27-22(4-2-10-25-18-7-6-16(26(29)30)14-20(18)33-23(25)28)24-9-1-3-17(24)15-5-8-19-21(13-15)32-12-11-31-19/h5-8,13-14,17H,1-4,9-12H2. The fourth-order valence-electron chi connectivity index (χ4n) is 4.59. The van der Waals surface area contributed by atoms with E-state index < -0.39 is 10.7 Å². The number of hydrogen-bond donors (Lipinski definition) is 0. The number of nitro benzene ring substituents is 1. The summed E-state index contributed by atoms with van der Waals surface area (Å²) >= 11 is 0. The highest BCUT2D eigenvalue weighted by atomic mass is 16.6. The predicted octanol–water partition coefficient (Wildman–Crippen LogP) is 3.42. The van der Waals surface area contributed by atoms with E-state index in [1.54, 1.807) is 0 Å². The molecule has 0 radical (unpaired) electrons. The zero-order valence-corrected chi connectivity index (χ0v) is 17.9. The normalized spacial score (nSPS) is 17.5. The predicted molar refractivity (Wildman–Crippen MR) is 117 cm³/mol. The van der Waals surface area contributed by atoms with Crippen LogP contribution in [-0.2, 0) is 11.3 Å². The van der Waals surface area contributed by atoms with Gasteiger partial charge in [-0.1, -0.05) is 6.07 Å². The quantitative estimate of drug-likeness (QED) is 0.415. The average Bonchev–Trinajstić information content (AvgIpc) is 3.43. The second-order valence-electron chi connectivity index (χ2n) is 8.18. The van der Waals surface area contributed by atoms with Gasteiger partial charge in [0.1, 0.15) is 13.2 Å². The minimum atomic E-state index is -0.590. The molecule has 2 aliphatic heterocycles. The summed E-state index contributed by atoms with van der Waals surface area (Å²) in [6.45, 7) is 2.03. The van der Waals surface area contributed by atoms with Crippen LogP contribution in [0.4, 0.5) is 5.69 Å². The molecule has 3 aromatic rings. The van der Waals surface area contributed by atoms with E-state index in [9.17, 15) is 19.7 Å². The summed E-state index contributed by atoms with van der Waals surface area (Å²) in [6, 6.07) is 9.90. The molecule has 1 unspecified atom stereocenters. The molecule has 10 heteroatoms. The van der Waals surface area contributed by atoms with E-state index >= 15 is 0 Å². The molecule has 1 atom stereocenters. The number of nitro groups is 1. The lowest BCUT2D eigenvalue weighted by Crippen LogP contribution is -2.30. The first-order valence-electron chi connectivity index (χ1n) is 11.0. The van der Waals surface area contributed by atoms with Crippen molar-refractivity contribution in [3.05, 3.63) is 62.6 Å². The molecule has 0 aliphatic carbocycles. The van der Waals surface area contributed by atoms with Gasteiger partial charge >= 0.3 is 5.76 Å². The highest BCUT2D eigenvalue weighted by Crippen LogP contribution is 2.38. The fraction of sp³-hybridized carbons (Fsp3) is 0.391. The first-order valence-corrected chi connectivity index (χ1v) is 11.0. The molecule has 10 nitrogen and oxygen atoms in total. The third kappa shape index (κ3) is 4.04. The molecule has 0 saturated carbocycles. The van der Waals surface area contributed by atoms with Crippen LogP contribution >= 0.6 is 0 Å². The maximum Gasteiger partial charge on any atom is 0.419 e. The molecule has 0 spiro atoms. The van der Waals surface area contributed by atoms with Gasteiger partial charge in [0.25, 0.3) is 5.69 Å². The molecule has 1 fully saturated rings. The molecule has 0 bridgehead atoms. The third-order valence-electron chi connectivity index (χ3n) is 6.16. The summed E-state index contributed by atoms with van der Waals surface area (Å²) in [6.07, 6.45) is 2.55. The van der Waals surface area contributed by atoms with Crippen molar-refractivity contribution in [2.45, 2.75) is 38.3 Å². The Hall–Kier alpha value is -3.82. The number of aromatic nitrogens is 1. The molecule has 2 aliphatic rings. The third-order valence-corrected chi connectivity index (χ3v) is 6.16. The van der Waals surface area contributed by atoms with Gasteiger partial charge in [0.05, 0.1) is 22.5 Å². The second-order valence-corrected chi connectivity index (χ2v) is 8.18. The number of likely N-dealkylation sites (tertiary alicyclic amines) is 1. The Morgan fingerprint density at radius 2 is 1.94 bits per heavy atom. The van der Waals surface area contributed by atoms with Crippen LogP contribution < -0.4 is 15.2 Å². The van der Waals surface area contributed by atoms with E-state index in [-0.39, 0.29) is 36.2 Å². The number of benzene rings is 2. The van der Waals surface area contributed by atoms with E-state index in [1.165, 1.54) is 22.8 Å². The highest BCUT2D eigenvalue weighted by Gasteiger charge is 2.30. The van der Waals surface area contributed by atoms with Crippen molar-refractivity contribution >= 4 is 22.7 Å². The van der Waals surface area contributed by atoms with Crippen LogP contribution in [0.3, 0.4) is 0 Å². The first kappa shape index (κ1) is 21.0. The van der Waals surface area contributed by atoms with Crippen molar-refractivity contribution in [2.75, 3.05) is 19.8 Å². The number of amides is 1. The van der Waals surface area contributed by atoms with Crippen molar-refractivity contribution in [3.8, 4) is 11.5 Å². The lowest BCUT2D eigenvalue weighted by molar-refractivity contribution is -0.384. The zero-order chi connectivity index (χ0) is 22.9. The van der Waals surface area contributed by atoms with Crippen LogP contribution in [-0.4, -0.2) is 40.1 Å². The fourth-order valence-corrected chi connectivity index (χ4v) is 4.59. The summed E-state index contributed by atoms with van der Waals surface area (Å²) in [5, 5.41) is 10.9. The summed E-state index contributed by atoms with van der Waals surface area (Å²) in [4.78, 5) is 37.5. The summed E-state index contributed by atoms with van der Waals surface area (Å²) in [5.41, 5.74) is 1.54. The second kappa shape index (κ2) is 8.61. The molecule has 2 aromatic carbocycles. The Bertz CT molecular complexity index is 1280. The van der Waals surface area contributed by atoms with Crippen molar-refractivity contribution in [2.24, 2.45) is 0 Å². The Morgan fingerprint density at radius 3 is 2.76 bits per heavy atom. The smallest absolute Gasteiger partial charge is 0.419 e. The van der Waals surface area contributed by atoms with Gasteiger partial charge in [-0.25, -0.2) is 4.79 Å². The Morgan fingerprint density at radius 1 is 1.12 bits per heavy atom. The molecular formula is C23H23N3O7. The molecular weight excluding hydrogens is 430 g/mol. The topological polar surface area (TPSA) is 117 Å². The monoisotopic (exact) mass is 453 g/mol. The molecule has 0 N–H and O–H groups in total. The van der Waals surface area contributed by atoms with Crippen LogP contribution in [0.2, 0.25) is 0 Å². The maximum absolute atomic E-state index is 13.0. The lowest BCUT2D eigenvalue weighted by Gasteiger charge is -2.27. The number of aryl methyl sites for hydroxylation is 1. The molecule has 1 aromatic heterocycles.